The fourth-order valence-electron chi connectivity index (χ4n) is 2.38. The van der Waals surface area contributed by atoms with Gasteiger partial charge in [0.25, 0.3) is 0 Å². The van der Waals surface area contributed by atoms with Crippen LogP contribution in [-0.4, -0.2) is 24.2 Å². The molecule has 2 saturated carbocycles. The van der Waals surface area contributed by atoms with Gasteiger partial charge in [0.1, 0.15) is 0 Å². The highest BCUT2D eigenvalue weighted by Crippen LogP contribution is 2.36. The molecule has 2 fully saturated rings. The van der Waals surface area contributed by atoms with E-state index in [4.69, 9.17) is 16.7 Å². The summed E-state index contributed by atoms with van der Waals surface area (Å²) in [6, 6.07) is 5.36. The van der Waals surface area contributed by atoms with Crippen molar-refractivity contribution >= 4 is 23.3 Å². The first kappa shape index (κ1) is 12.8. The second-order valence-electron chi connectivity index (χ2n) is 5.76. The van der Waals surface area contributed by atoms with E-state index in [1.165, 1.54) is 25.7 Å². The maximum atomic E-state index is 11.2. The molecule has 0 atom stereocenters. The minimum Gasteiger partial charge on any atom is -0.478 e. The number of carboxylic acid groups (broad SMARTS) is 1. The molecule has 102 valence electrons. The minimum atomic E-state index is -0.954. The molecule has 0 heterocycles. The zero-order chi connectivity index (χ0) is 13.4. The zero-order valence-electron chi connectivity index (χ0n) is 10.8. The summed E-state index contributed by atoms with van der Waals surface area (Å²) >= 11 is 5.93. The molecule has 4 heteroatoms. The van der Waals surface area contributed by atoms with Crippen molar-refractivity contribution in [3.63, 3.8) is 0 Å². The normalized spacial score (nSPS) is 18.4. The van der Waals surface area contributed by atoms with Crippen molar-refractivity contribution in [1.82, 2.24) is 0 Å². The first-order valence-electron chi connectivity index (χ1n) is 6.91. The van der Waals surface area contributed by atoms with Gasteiger partial charge in [-0.25, -0.2) is 4.79 Å². The Kier molecular flexibility index (Phi) is 3.40. The molecule has 2 aliphatic rings. The Hall–Kier alpha value is -1.22. The van der Waals surface area contributed by atoms with Crippen LogP contribution in [0.25, 0.3) is 0 Å². The number of nitrogens with zero attached hydrogens (tertiary/aromatic N) is 1. The molecule has 0 radical (unpaired) electrons. The topological polar surface area (TPSA) is 40.5 Å². The second kappa shape index (κ2) is 5.04. The molecule has 0 aromatic heterocycles. The molecule has 1 N–H and O–H groups in total. The fraction of sp³-hybridized carbons (Fsp3) is 0.533. The predicted octanol–water partition coefficient (Wildman–Crippen LogP) is 3.66. The van der Waals surface area contributed by atoms with Crippen LogP contribution in [0.1, 0.15) is 36.0 Å². The highest BCUT2D eigenvalue weighted by Gasteiger charge is 2.29. The standard InChI is InChI=1S/C15H18ClNO2/c16-14-6-5-12(7-13(14)15(18)19)17(8-10-1-2-10)9-11-3-4-11/h5-7,10-11H,1-4,8-9H2,(H,18,19). The van der Waals surface area contributed by atoms with Crippen molar-refractivity contribution in [2.75, 3.05) is 18.0 Å². The molecule has 19 heavy (non-hydrogen) atoms. The van der Waals surface area contributed by atoms with Crippen LogP contribution in [0.15, 0.2) is 18.2 Å². The summed E-state index contributed by atoms with van der Waals surface area (Å²) in [5.41, 5.74) is 1.20. The molecule has 3 rings (SSSR count). The lowest BCUT2D eigenvalue weighted by Gasteiger charge is -2.25. The Bertz CT molecular complexity index is 481. The van der Waals surface area contributed by atoms with Crippen molar-refractivity contribution in [1.29, 1.82) is 0 Å². The molecule has 0 saturated heterocycles. The predicted molar refractivity (Wildman–Crippen MR) is 76.1 cm³/mol. The van der Waals surface area contributed by atoms with Gasteiger partial charge < -0.3 is 10.0 Å². The van der Waals surface area contributed by atoms with Crippen LogP contribution in [0.4, 0.5) is 5.69 Å². The van der Waals surface area contributed by atoms with Crippen LogP contribution in [-0.2, 0) is 0 Å². The van der Waals surface area contributed by atoms with E-state index in [2.05, 4.69) is 4.90 Å². The van der Waals surface area contributed by atoms with E-state index in [0.29, 0.717) is 5.02 Å². The fourth-order valence-corrected chi connectivity index (χ4v) is 2.58. The van der Waals surface area contributed by atoms with Gasteiger partial charge in [-0.05, 0) is 55.7 Å². The summed E-state index contributed by atoms with van der Waals surface area (Å²) in [7, 11) is 0. The van der Waals surface area contributed by atoms with Crippen LogP contribution >= 0.6 is 11.6 Å². The Morgan fingerprint density at radius 3 is 2.26 bits per heavy atom. The first-order chi connectivity index (χ1) is 9.13. The highest BCUT2D eigenvalue weighted by atomic mass is 35.5. The largest absolute Gasteiger partial charge is 0.478 e. The highest BCUT2D eigenvalue weighted by molar-refractivity contribution is 6.33. The van der Waals surface area contributed by atoms with E-state index in [1.807, 2.05) is 6.07 Å². The van der Waals surface area contributed by atoms with E-state index in [1.54, 1.807) is 12.1 Å². The Balaban J connectivity index is 1.82. The van der Waals surface area contributed by atoms with E-state index < -0.39 is 5.97 Å². The summed E-state index contributed by atoms with van der Waals surface area (Å²) in [6.07, 6.45) is 5.22. The molecule has 0 bridgehead atoms. The molecule has 3 nitrogen and oxygen atoms in total. The number of rotatable bonds is 6. The maximum Gasteiger partial charge on any atom is 0.337 e. The first-order valence-corrected chi connectivity index (χ1v) is 7.29. The lowest BCUT2D eigenvalue weighted by Crippen LogP contribution is -2.28. The summed E-state index contributed by atoms with van der Waals surface area (Å²) in [6.45, 7) is 2.11. The molecule has 1 aromatic rings. The van der Waals surface area contributed by atoms with Gasteiger partial charge in [-0.1, -0.05) is 11.6 Å². The average Bonchev–Trinajstić information content (AvgIpc) is 3.23. The number of hydrogen-bond acceptors (Lipinski definition) is 2. The van der Waals surface area contributed by atoms with E-state index >= 15 is 0 Å². The number of hydrogen-bond donors (Lipinski definition) is 1. The summed E-state index contributed by atoms with van der Waals surface area (Å²) in [5, 5.41) is 9.47. The van der Waals surface area contributed by atoms with Crippen LogP contribution < -0.4 is 4.90 Å². The van der Waals surface area contributed by atoms with Gasteiger partial charge in [-0.2, -0.15) is 0 Å². The molecular formula is C15H18ClNO2. The number of halogens is 1. The van der Waals surface area contributed by atoms with Crippen LogP contribution in [0.5, 0.6) is 0 Å². The third-order valence-electron chi connectivity index (χ3n) is 3.90. The molecule has 0 aliphatic heterocycles. The molecule has 1 aromatic carbocycles. The van der Waals surface area contributed by atoms with Gasteiger partial charge in [0, 0.05) is 18.8 Å². The number of anilines is 1. The molecule has 0 amide bonds. The Labute approximate surface area is 118 Å². The Morgan fingerprint density at radius 2 is 1.79 bits per heavy atom. The van der Waals surface area contributed by atoms with Gasteiger partial charge in [0.2, 0.25) is 0 Å². The van der Waals surface area contributed by atoms with Gasteiger partial charge in [0.05, 0.1) is 10.6 Å². The minimum absolute atomic E-state index is 0.204. The van der Waals surface area contributed by atoms with E-state index in [-0.39, 0.29) is 5.56 Å². The van der Waals surface area contributed by atoms with Crippen molar-refractivity contribution < 1.29 is 9.90 Å². The molecule has 0 spiro atoms. The number of benzene rings is 1. The van der Waals surface area contributed by atoms with Gasteiger partial charge in [0.15, 0.2) is 0 Å². The lowest BCUT2D eigenvalue weighted by atomic mass is 10.1. The Morgan fingerprint density at radius 1 is 1.21 bits per heavy atom. The average molecular weight is 280 g/mol. The van der Waals surface area contributed by atoms with E-state index in [0.717, 1.165) is 30.6 Å². The summed E-state index contributed by atoms with van der Waals surface area (Å²) in [5.74, 6) is 0.634. The third kappa shape index (κ3) is 3.21. The second-order valence-corrected chi connectivity index (χ2v) is 6.17. The molecule has 2 aliphatic carbocycles. The number of carbonyl (C=O) groups is 1. The SMILES string of the molecule is O=C(O)c1cc(N(CC2CC2)CC2CC2)ccc1Cl. The number of carboxylic acids is 1. The van der Waals surface area contributed by atoms with Crippen LogP contribution in [0.2, 0.25) is 5.02 Å². The molecule has 0 unspecified atom stereocenters. The van der Waals surface area contributed by atoms with Crippen LogP contribution in [0, 0.1) is 11.8 Å². The summed E-state index contributed by atoms with van der Waals surface area (Å²) in [4.78, 5) is 13.5. The van der Waals surface area contributed by atoms with Crippen molar-refractivity contribution in [3.8, 4) is 0 Å². The smallest absolute Gasteiger partial charge is 0.337 e. The van der Waals surface area contributed by atoms with Crippen molar-refractivity contribution in [2.45, 2.75) is 25.7 Å². The van der Waals surface area contributed by atoms with Gasteiger partial charge >= 0.3 is 5.97 Å². The maximum absolute atomic E-state index is 11.2. The zero-order valence-corrected chi connectivity index (χ0v) is 11.6. The molecular weight excluding hydrogens is 262 g/mol. The van der Waals surface area contributed by atoms with Crippen molar-refractivity contribution in [2.24, 2.45) is 11.8 Å². The third-order valence-corrected chi connectivity index (χ3v) is 4.23. The van der Waals surface area contributed by atoms with E-state index in [9.17, 15) is 4.79 Å². The number of aromatic carboxylic acids is 1. The lowest BCUT2D eigenvalue weighted by molar-refractivity contribution is 0.0697. The summed E-state index contributed by atoms with van der Waals surface area (Å²) < 4.78 is 0. The van der Waals surface area contributed by atoms with Crippen molar-refractivity contribution in [3.05, 3.63) is 28.8 Å². The van der Waals surface area contributed by atoms with Gasteiger partial charge in [-0.15, -0.1) is 0 Å². The quantitative estimate of drug-likeness (QED) is 0.864. The van der Waals surface area contributed by atoms with Crippen LogP contribution in [0.3, 0.4) is 0 Å². The monoisotopic (exact) mass is 279 g/mol. The van der Waals surface area contributed by atoms with Gasteiger partial charge in [-0.3, -0.25) is 0 Å².